The number of hydrogen-bond acceptors (Lipinski definition) is 0. The zero-order valence-electron chi connectivity index (χ0n) is 28.4. The summed E-state index contributed by atoms with van der Waals surface area (Å²) in [7, 11) is 0. The minimum absolute atomic E-state index is 0.264. The molecule has 0 spiro atoms. The average Bonchev–Trinajstić information content (AvgIpc) is 3.26. The van der Waals surface area contributed by atoms with E-state index in [0.717, 1.165) is 71.7 Å². The molecule has 1 atom stereocenters. The van der Waals surface area contributed by atoms with Gasteiger partial charge in [-0.05, 0) is 110 Å². The van der Waals surface area contributed by atoms with Crippen LogP contribution in [0.1, 0.15) is 72.2 Å². The van der Waals surface area contributed by atoms with Crippen molar-refractivity contribution in [2.45, 2.75) is 27.7 Å². The Morgan fingerprint density at radius 2 is 1.23 bits per heavy atom. The third-order valence-corrected chi connectivity index (χ3v) is 8.35. The molecule has 1 aliphatic carbocycles. The van der Waals surface area contributed by atoms with E-state index in [-0.39, 0.29) is 5.92 Å². The van der Waals surface area contributed by atoms with Crippen molar-refractivity contribution in [3.05, 3.63) is 190 Å². The van der Waals surface area contributed by atoms with Crippen LogP contribution in [0.5, 0.6) is 0 Å². The second kappa shape index (κ2) is 16.2. The third-order valence-electron chi connectivity index (χ3n) is 8.35. The van der Waals surface area contributed by atoms with E-state index in [0.29, 0.717) is 0 Å². The zero-order valence-corrected chi connectivity index (χ0v) is 28.4. The van der Waals surface area contributed by atoms with Gasteiger partial charge in [0, 0.05) is 0 Å². The quantitative estimate of drug-likeness (QED) is 0.211. The van der Waals surface area contributed by atoms with E-state index in [2.05, 4.69) is 139 Å². The molecule has 4 rings (SSSR count). The lowest BCUT2D eigenvalue weighted by Gasteiger charge is -2.14. The number of fused-ring (bicyclic) bond motifs is 1. The number of allylic oxidation sites excluding steroid dienone is 11. The Hall–Kier alpha value is -5.46. The van der Waals surface area contributed by atoms with Gasteiger partial charge in [0.15, 0.2) is 0 Å². The summed E-state index contributed by atoms with van der Waals surface area (Å²) in [6.45, 7) is 30.4. The minimum atomic E-state index is 0.264. The standard InChI is InChI=1S/C47H46/c1-10-17-42-28-29-43(32-40(42)11-2)35(5)25-27-39(9)47-37(7)19-16-15-18-36(6)46(44-30-22-33(3)23-31-45(44)47)38(8)26-24-34(4)41-20-13-12-14-21-41/h10-33H,2,4,6-8H2,1,3,5,9H3/b17-10-,18-15?,19-16?,26-24-,35-25+,39-27+,46-44?,47-45?. The van der Waals surface area contributed by atoms with Crippen LogP contribution < -0.4 is 10.4 Å². The maximum atomic E-state index is 4.54. The van der Waals surface area contributed by atoms with Crippen molar-refractivity contribution in [3.63, 3.8) is 0 Å². The van der Waals surface area contributed by atoms with Crippen molar-refractivity contribution >= 4 is 59.8 Å². The molecular weight excluding hydrogens is 565 g/mol. The second-order valence-electron chi connectivity index (χ2n) is 11.9. The van der Waals surface area contributed by atoms with Crippen molar-refractivity contribution in [1.29, 1.82) is 0 Å². The summed E-state index contributed by atoms with van der Waals surface area (Å²) in [5, 5.41) is 1.82. The molecule has 0 saturated heterocycles. The third kappa shape index (κ3) is 8.63. The Balaban J connectivity index is 1.93. The van der Waals surface area contributed by atoms with Gasteiger partial charge in [-0.2, -0.15) is 0 Å². The van der Waals surface area contributed by atoms with Crippen LogP contribution in [0.2, 0.25) is 0 Å². The molecule has 1 unspecified atom stereocenters. The molecular formula is C47H46. The highest BCUT2D eigenvalue weighted by Gasteiger charge is 2.14. The fourth-order valence-electron chi connectivity index (χ4n) is 5.67. The molecule has 0 heteroatoms. The van der Waals surface area contributed by atoms with Crippen LogP contribution in [-0.4, -0.2) is 0 Å². The molecule has 47 heavy (non-hydrogen) atoms. The summed E-state index contributed by atoms with van der Waals surface area (Å²) >= 11 is 0. The van der Waals surface area contributed by atoms with Gasteiger partial charge in [-0.1, -0.05) is 173 Å². The average molecular weight is 611 g/mol. The van der Waals surface area contributed by atoms with Gasteiger partial charge < -0.3 is 0 Å². The Bertz CT molecular complexity index is 2030. The first kappa shape index (κ1) is 34.4. The maximum absolute atomic E-state index is 4.54. The molecule has 0 aromatic heterocycles. The lowest BCUT2D eigenvalue weighted by atomic mass is 9.90. The SMILES string of the molecule is C=Cc1cc(/C(C)=C/C=C(\C)c2c3c(c(C(=C)/C=C\C(=C)c4ccccc4)c(=C)ccccc2=C)C=CC(C)C=C3)ccc1/C=C\C. The normalized spacial score (nSPS) is 14.5. The molecule has 0 N–H and O–H groups in total. The summed E-state index contributed by atoms with van der Waals surface area (Å²) in [6, 6.07) is 24.9. The van der Waals surface area contributed by atoms with Gasteiger partial charge in [-0.3, -0.25) is 0 Å². The molecule has 0 heterocycles. The fraction of sp³-hybridized carbons (Fsp3) is 0.106. The van der Waals surface area contributed by atoms with Gasteiger partial charge in [0.25, 0.3) is 0 Å². The molecule has 234 valence electrons. The van der Waals surface area contributed by atoms with Crippen molar-refractivity contribution in [2.24, 2.45) is 5.92 Å². The molecule has 0 fully saturated rings. The van der Waals surface area contributed by atoms with Crippen molar-refractivity contribution in [2.75, 3.05) is 0 Å². The van der Waals surface area contributed by atoms with Gasteiger partial charge >= 0.3 is 0 Å². The Kier molecular flexibility index (Phi) is 11.9. The first-order chi connectivity index (χ1) is 22.6. The highest BCUT2D eigenvalue weighted by atomic mass is 14.2. The van der Waals surface area contributed by atoms with E-state index in [4.69, 9.17) is 0 Å². The molecule has 0 amide bonds. The van der Waals surface area contributed by atoms with Crippen molar-refractivity contribution < 1.29 is 0 Å². The molecule has 0 radical (unpaired) electrons. The smallest absolute Gasteiger partial charge is 0.00446 e. The van der Waals surface area contributed by atoms with E-state index < -0.39 is 0 Å². The second-order valence-corrected chi connectivity index (χ2v) is 11.9. The van der Waals surface area contributed by atoms with Crippen molar-refractivity contribution in [1.82, 2.24) is 0 Å². The van der Waals surface area contributed by atoms with Gasteiger partial charge in [0.2, 0.25) is 0 Å². The molecule has 0 aliphatic heterocycles. The van der Waals surface area contributed by atoms with Gasteiger partial charge in [0.1, 0.15) is 0 Å². The summed E-state index contributed by atoms with van der Waals surface area (Å²) in [5.74, 6) is 0.264. The van der Waals surface area contributed by atoms with Crippen molar-refractivity contribution in [3.8, 4) is 0 Å². The predicted octanol–water partition coefficient (Wildman–Crippen LogP) is 11.8. The monoisotopic (exact) mass is 610 g/mol. The van der Waals surface area contributed by atoms with Crippen LogP contribution >= 0.6 is 0 Å². The van der Waals surface area contributed by atoms with Crippen LogP contribution in [0.15, 0.2) is 135 Å². The Morgan fingerprint density at radius 1 is 0.660 bits per heavy atom. The summed E-state index contributed by atoms with van der Waals surface area (Å²) in [6.07, 6.45) is 23.5. The summed E-state index contributed by atoms with van der Waals surface area (Å²) in [5.41, 5.74) is 12.8. The first-order valence-electron chi connectivity index (χ1n) is 16.1. The number of hydrogen-bond donors (Lipinski definition) is 0. The molecule has 3 aromatic rings. The van der Waals surface area contributed by atoms with E-state index in [9.17, 15) is 0 Å². The van der Waals surface area contributed by atoms with E-state index in [1.807, 2.05) is 61.5 Å². The van der Waals surface area contributed by atoms with E-state index in [1.54, 1.807) is 0 Å². The molecule has 0 bridgehead atoms. The van der Waals surface area contributed by atoms with E-state index in [1.165, 1.54) is 5.57 Å². The lowest BCUT2D eigenvalue weighted by Crippen LogP contribution is -2.11. The van der Waals surface area contributed by atoms with Crippen LogP contribution in [0.25, 0.3) is 59.8 Å². The highest BCUT2D eigenvalue weighted by molar-refractivity contribution is 5.88. The minimum Gasteiger partial charge on any atom is -0.0984 e. The fourth-order valence-corrected chi connectivity index (χ4v) is 5.67. The van der Waals surface area contributed by atoms with Gasteiger partial charge in [0.05, 0.1) is 0 Å². The van der Waals surface area contributed by atoms with Crippen LogP contribution in [0.4, 0.5) is 0 Å². The molecule has 3 aromatic carbocycles. The first-order valence-corrected chi connectivity index (χ1v) is 16.1. The topological polar surface area (TPSA) is 0 Å². The zero-order chi connectivity index (χ0) is 33.9. The van der Waals surface area contributed by atoms with Crippen LogP contribution in [-0.2, 0) is 0 Å². The highest BCUT2D eigenvalue weighted by Crippen LogP contribution is 2.30. The van der Waals surface area contributed by atoms with Crippen LogP contribution in [0, 0.1) is 5.92 Å². The lowest BCUT2D eigenvalue weighted by molar-refractivity contribution is 0.954. The Morgan fingerprint density at radius 3 is 1.87 bits per heavy atom. The maximum Gasteiger partial charge on any atom is -0.00446 e. The summed E-state index contributed by atoms with van der Waals surface area (Å²) < 4.78 is 0. The molecule has 0 saturated carbocycles. The molecule has 0 nitrogen and oxygen atoms in total. The number of rotatable bonds is 9. The number of benzene rings is 2. The van der Waals surface area contributed by atoms with E-state index >= 15 is 0 Å². The predicted molar refractivity (Wildman–Crippen MR) is 214 cm³/mol. The molecule has 1 aliphatic rings. The Labute approximate surface area is 282 Å². The largest absolute Gasteiger partial charge is 0.0984 e. The summed E-state index contributed by atoms with van der Waals surface area (Å²) in [4.78, 5) is 0. The van der Waals surface area contributed by atoms with Gasteiger partial charge in [-0.15, -0.1) is 0 Å². The van der Waals surface area contributed by atoms with Crippen LogP contribution in [0.3, 0.4) is 0 Å². The van der Waals surface area contributed by atoms with Gasteiger partial charge in [-0.25, -0.2) is 0 Å².